The van der Waals surface area contributed by atoms with E-state index in [-0.39, 0.29) is 11.8 Å². The Hall–Kier alpha value is -0.350. The Balaban J connectivity index is 2.82. The molecule has 78 valence electrons. The quantitative estimate of drug-likeness (QED) is 0.902. The molecule has 0 aliphatic rings. The van der Waals surface area contributed by atoms with Crippen LogP contribution in [0.5, 0.6) is 0 Å². The topological polar surface area (TPSA) is 43.1 Å². The van der Waals surface area contributed by atoms with Crippen molar-refractivity contribution in [1.82, 2.24) is 0 Å². The average Bonchev–Trinajstić information content (AvgIpc) is 2.46. The summed E-state index contributed by atoms with van der Waals surface area (Å²) in [7, 11) is 0. The number of amides is 1. The standard InChI is InChI=1S/C10H14BrNOS/c1-6(2)7(5-10(12)13)8-3-4-9(11)14-8/h3-4,6-7H,5H2,1-2H3,(H2,12,13). The van der Waals surface area contributed by atoms with E-state index in [0.29, 0.717) is 12.3 Å². The van der Waals surface area contributed by atoms with Crippen LogP contribution in [0.1, 0.15) is 31.1 Å². The molecule has 0 spiro atoms. The predicted molar refractivity (Wildman–Crippen MR) is 63.4 cm³/mol. The van der Waals surface area contributed by atoms with Gasteiger partial charge in [0.1, 0.15) is 0 Å². The molecule has 0 aromatic carbocycles. The Labute approximate surface area is 96.6 Å². The third kappa shape index (κ3) is 3.10. The Morgan fingerprint density at radius 2 is 2.21 bits per heavy atom. The number of rotatable bonds is 4. The molecule has 2 nitrogen and oxygen atoms in total. The molecule has 1 rings (SSSR count). The first-order valence-electron chi connectivity index (χ1n) is 4.54. The second-order valence-corrected chi connectivity index (χ2v) is 6.16. The first-order chi connectivity index (χ1) is 6.50. The van der Waals surface area contributed by atoms with Gasteiger partial charge in [0.15, 0.2) is 0 Å². The molecule has 1 atom stereocenters. The molecular weight excluding hydrogens is 262 g/mol. The number of halogens is 1. The van der Waals surface area contributed by atoms with Gasteiger partial charge in [-0.2, -0.15) is 0 Å². The molecule has 0 aliphatic heterocycles. The molecule has 14 heavy (non-hydrogen) atoms. The SMILES string of the molecule is CC(C)C(CC(N)=O)c1ccc(Br)s1. The lowest BCUT2D eigenvalue weighted by Gasteiger charge is -2.17. The summed E-state index contributed by atoms with van der Waals surface area (Å²) in [6.07, 6.45) is 0.435. The molecular formula is C10H14BrNOS. The molecule has 0 aliphatic carbocycles. The van der Waals surface area contributed by atoms with Gasteiger partial charge in [0.05, 0.1) is 3.79 Å². The number of primary amides is 1. The predicted octanol–water partition coefficient (Wildman–Crippen LogP) is 3.13. The highest BCUT2D eigenvalue weighted by Gasteiger charge is 2.19. The summed E-state index contributed by atoms with van der Waals surface area (Å²) in [5.74, 6) is 0.463. The molecule has 0 saturated carbocycles. The van der Waals surface area contributed by atoms with Crippen molar-refractivity contribution in [1.29, 1.82) is 0 Å². The van der Waals surface area contributed by atoms with E-state index in [1.54, 1.807) is 11.3 Å². The van der Waals surface area contributed by atoms with Crippen LogP contribution in [0, 0.1) is 5.92 Å². The summed E-state index contributed by atoms with van der Waals surface area (Å²) in [6, 6.07) is 4.07. The molecule has 2 N–H and O–H groups in total. The van der Waals surface area contributed by atoms with Crippen LogP contribution >= 0.6 is 27.3 Å². The van der Waals surface area contributed by atoms with Crippen molar-refractivity contribution < 1.29 is 4.79 Å². The van der Waals surface area contributed by atoms with E-state index in [0.717, 1.165) is 3.79 Å². The van der Waals surface area contributed by atoms with E-state index < -0.39 is 0 Å². The molecule has 4 heteroatoms. The van der Waals surface area contributed by atoms with Gasteiger partial charge in [-0.25, -0.2) is 0 Å². The van der Waals surface area contributed by atoms with Gasteiger partial charge < -0.3 is 5.73 Å². The lowest BCUT2D eigenvalue weighted by atomic mass is 9.91. The molecule has 1 aromatic heterocycles. The van der Waals surface area contributed by atoms with Crippen LogP contribution in [0.2, 0.25) is 0 Å². The van der Waals surface area contributed by atoms with Crippen LogP contribution < -0.4 is 5.73 Å². The van der Waals surface area contributed by atoms with Crippen molar-refractivity contribution in [3.8, 4) is 0 Å². The zero-order valence-electron chi connectivity index (χ0n) is 8.29. The van der Waals surface area contributed by atoms with E-state index in [9.17, 15) is 4.79 Å². The minimum absolute atomic E-state index is 0.228. The summed E-state index contributed by atoms with van der Waals surface area (Å²) >= 11 is 5.09. The molecule has 0 fully saturated rings. The Kier molecular flexibility index (Phi) is 4.13. The van der Waals surface area contributed by atoms with Gasteiger partial charge in [0, 0.05) is 17.2 Å². The van der Waals surface area contributed by atoms with E-state index in [1.165, 1.54) is 4.88 Å². The molecule has 1 aromatic rings. The normalized spacial score (nSPS) is 13.1. The molecule has 0 bridgehead atoms. The van der Waals surface area contributed by atoms with Gasteiger partial charge in [0.25, 0.3) is 0 Å². The van der Waals surface area contributed by atoms with Gasteiger partial charge in [0.2, 0.25) is 5.91 Å². The zero-order chi connectivity index (χ0) is 10.7. The van der Waals surface area contributed by atoms with Gasteiger partial charge in [-0.05, 0) is 34.0 Å². The van der Waals surface area contributed by atoms with E-state index in [1.807, 2.05) is 6.07 Å². The summed E-state index contributed by atoms with van der Waals surface area (Å²) in [6.45, 7) is 4.22. The van der Waals surface area contributed by atoms with Crippen LogP contribution in [-0.2, 0) is 4.79 Å². The van der Waals surface area contributed by atoms with E-state index >= 15 is 0 Å². The van der Waals surface area contributed by atoms with Gasteiger partial charge in [-0.1, -0.05) is 13.8 Å². The van der Waals surface area contributed by atoms with Crippen molar-refractivity contribution in [3.05, 3.63) is 20.8 Å². The fourth-order valence-corrected chi connectivity index (χ4v) is 3.11. The Morgan fingerprint density at radius 1 is 1.57 bits per heavy atom. The smallest absolute Gasteiger partial charge is 0.218 e. The molecule has 1 unspecified atom stereocenters. The maximum absolute atomic E-state index is 10.9. The van der Waals surface area contributed by atoms with Crippen LogP contribution in [0.3, 0.4) is 0 Å². The fraction of sp³-hybridized carbons (Fsp3) is 0.500. The van der Waals surface area contributed by atoms with E-state index in [4.69, 9.17) is 5.73 Å². The third-order valence-corrected chi connectivity index (χ3v) is 3.94. The number of carbonyl (C=O) groups is 1. The van der Waals surface area contributed by atoms with Gasteiger partial charge in [-0.3, -0.25) is 4.79 Å². The second kappa shape index (κ2) is 4.94. The average molecular weight is 276 g/mol. The molecule has 1 heterocycles. The highest BCUT2D eigenvalue weighted by Crippen LogP contribution is 2.34. The minimum atomic E-state index is -0.228. The van der Waals surface area contributed by atoms with Gasteiger partial charge in [-0.15, -0.1) is 11.3 Å². The molecule has 1 amide bonds. The van der Waals surface area contributed by atoms with Crippen molar-refractivity contribution >= 4 is 33.2 Å². The Morgan fingerprint density at radius 3 is 2.57 bits per heavy atom. The summed E-state index contributed by atoms with van der Waals surface area (Å²) in [5, 5.41) is 0. The summed E-state index contributed by atoms with van der Waals surface area (Å²) < 4.78 is 1.10. The lowest BCUT2D eigenvalue weighted by Crippen LogP contribution is -2.17. The Bertz CT molecular complexity index is 322. The lowest BCUT2D eigenvalue weighted by molar-refractivity contribution is -0.118. The van der Waals surface area contributed by atoms with Crippen LogP contribution in [0.25, 0.3) is 0 Å². The second-order valence-electron chi connectivity index (χ2n) is 3.66. The van der Waals surface area contributed by atoms with Crippen LogP contribution in [-0.4, -0.2) is 5.91 Å². The number of thiophene rings is 1. The number of nitrogens with two attached hydrogens (primary N) is 1. The highest BCUT2D eigenvalue weighted by molar-refractivity contribution is 9.11. The largest absolute Gasteiger partial charge is 0.370 e. The van der Waals surface area contributed by atoms with Crippen molar-refractivity contribution in [3.63, 3.8) is 0 Å². The van der Waals surface area contributed by atoms with Crippen molar-refractivity contribution in [2.45, 2.75) is 26.2 Å². The summed E-state index contributed by atoms with van der Waals surface area (Å²) in [5.41, 5.74) is 5.23. The zero-order valence-corrected chi connectivity index (χ0v) is 10.7. The first-order valence-corrected chi connectivity index (χ1v) is 6.15. The maximum atomic E-state index is 10.9. The molecule has 0 radical (unpaired) electrons. The number of hydrogen-bond acceptors (Lipinski definition) is 2. The monoisotopic (exact) mass is 275 g/mol. The van der Waals surface area contributed by atoms with Crippen molar-refractivity contribution in [2.24, 2.45) is 11.7 Å². The highest BCUT2D eigenvalue weighted by atomic mass is 79.9. The number of hydrogen-bond donors (Lipinski definition) is 1. The maximum Gasteiger partial charge on any atom is 0.218 e. The van der Waals surface area contributed by atoms with Crippen LogP contribution in [0.4, 0.5) is 0 Å². The summed E-state index contributed by atoms with van der Waals surface area (Å²) in [4.78, 5) is 12.1. The third-order valence-electron chi connectivity index (χ3n) is 2.19. The number of carbonyl (C=O) groups excluding carboxylic acids is 1. The molecule has 0 saturated heterocycles. The van der Waals surface area contributed by atoms with E-state index in [2.05, 4.69) is 35.8 Å². The van der Waals surface area contributed by atoms with Crippen molar-refractivity contribution in [2.75, 3.05) is 0 Å². The fourth-order valence-electron chi connectivity index (χ4n) is 1.41. The first kappa shape index (κ1) is 11.7. The van der Waals surface area contributed by atoms with Gasteiger partial charge >= 0.3 is 0 Å². The van der Waals surface area contributed by atoms with Crippen LogP contribution in [0.15, 0.2) is 15.9 Å². The minimum Gasteiger partial charge on any atom is -0.370 e.